The van der Waals surface area contributed by atoms with Gasteiger partial charge in [0.15, 0.2) is 0 Å². The van der Waals surface area contributed by atoms with Gasteiger partial charge in [-0.05, 0) is 26.0 Å². The van der Waals surface area contributed by atoms with Gasteiger partial charge in [0.2, 0.25) is 5.88 Å². The molecule has 1 heterocycles. The normalized spacial score (nSPS) is 11.8. The highest BCUT2D eigenvalue weighted by Gasteiger charge is 2.10. The molecular weight excluding hydrogens is 202 g/mol. The van der Waals surface area contributed by atoms with Gasteiger partial charge < -0.3 is 10.1 Å². The van der Waals surface area contributed by atoms with Crippen molar-refractivity contribution in [3.05, 3.63) is 17.8 Å². The Labute approximate surface area is 96.4 Å². The molecule has 1 atom stereocenters. The van der Waals surface area contributed by atoms with Crippen LogP contribution in [0, 0.1) is 12.3 Å². The van der Waals surface area contributed by atoms with Crippen LogP contribution in [0.5, 0.6) is 5.88 Å². The number of unbranched alkanes of at least 4 members (excludes halogenated alkanes) is 1. The summed E-state index contributed by atoms with van der Waals surface area (Å²) in [6, 6.07) is 3.93. The van der Waals surface area contributed by atoms with Crippen LogP contribution in [0.25, 0.3) is 0 Å². The number of ether oxygens (including phenoxy) is 1. The molecule has 16 heavy (non-hydrogen) atoms. The van der Waals surface area contributed by atoms with Crippen LogP contribution in [0.4, 0.5) is 0 Å². The number of hydrogen-bond donors (Lipinski definition) is 1. The molecule has 1 rings (SSSR count). The van der Waals surface area contributed by atoms with E-state index in [2.05, 4.69) is 21.4 Å². The first-order valence-corrected chi connectivity index (χ1v) is 5.30. The van der Waals surface area contributed by atoms with Gasteiger partial charge in [-0.15, -0.1) is 17.4 Å². The average Bonchev–Trinajstić information content (AvgIpc) is 2.35. The van der Waals surface area contributed by atoms with Crippen molar-refractivity contribution in [2.45, 2.75) is 25.3 Å². The zero-order valence-electron chi connectivity index (χ0n) is 9.73. The van der Waals surface area contributed by atoms with Crippen LogP contribution in [-0.4, -0.2) is 24.4 Å². The van der Waals surface area contributed by atoms with E-state index in [0.29, 0.717) is 5.88 Å². The predicted molar refractivity (Wildman–Crippen MR) is 63.1 cm³/mol. The van der Waals surface area contributed by atoms with Gasteiger partial charge in [0.25, 0.3) is 0 Å². The SMILES string of the molecule is C#CCCCC(NC)c1ccc(OC)nn1. The molecule has 1 unspecified atom stereocenters. The summed E-state index contributed by atoms with van der Waals surface area (Å²) >= 11 is 0. The van der Waals surface area contributed by atoms with Crippen molar-refractivity contribution < 1.29 is 4.74 Å². The fourth-order valence-electron chi connectivity index (χ4n) is 1.47. The summed E-state index contributed by atoms with van der Waals surface area (Å²) in [5, 5.41) is 11.3. The molecule has 0 spiro atoms. The summed E-state index contributed by atoms with van der Waals surface area (Å²) in [4.78, 5) is 0. The summed E-state index contributed by atoms with van der Waals surface area (Å²) < 4.78 is 4.96. The van der Waals surface area contributed by atoms with E-state index in [1.807, 2.05) is 19.2 Å². The molecule has 0 amide bonds. The molecule has 0 radical (unpaired) electrons. The van der Waals surface area contributed by atoms with Crippen LogP contribution in [0.2, 0.25) is 0 Å². The van der Waals surface area contributed by atoms with Gasteiger partial charge in [0, 0.05) is 12.5 Å². The number of terminal acetylenes is 1. The Balaban J connectivity index is 2.60. The molecule has 0 aliphatic rings. The summed E-state index contributed by atoms with van der Waals surface area (Å²) in [6.07, 6.45) is 7.95. The van der Waals surface area contributed by atoms with Crippen molar-refractivity contribution in [3.63, 3.8) is 0 Å². The number of methoxy groups -OCH3 is 1. The Hall–Kier alpha value is -1.60. The van der Waals surface area contributed by atoms with Gasteiger partial charge in [-0.1, -0.05) is 0 Å². The van der Waals surface area contributed by atoms with E-state index < -0.39 is 0 Å². The maximum Gasteiger partial charge on any atom is 0.233 e. The van der Waals surface area contributed by atoms with Gasteiger partial charge in [-0.3, -0.25) is 0 Å². The lowest BCUT2D eigenvalue weighted by Crippen LogP contribution is -2.18. The molecule has 4 nitrogen and oxygen atoms in total. The van der Waals surface area contributed by atoms with Crippen molar-refractivity contribution in [2.24, 2.45) is 0 Å². The number of aromatic nitrogens is 2. The van der Waals surface area contributed by atoms with Crippen molar-refractivity contribution in [1.82, 2.24) is 15.5 Å². The molecule has 1 aromatic rings. The molecule has 0 aliphatic carbocycles. The molecule has 1 aromatic heterocycles. The average molecular weight is 219 g/mol. The smallest absolute Gasteiger partial charge is 0.233 e. The Bertz CT molecular complexity index is 342. The van der Waals surface area contributed by atoms with Crippen LogP contribution in [-0.2, 0) is 0 Å². The van der Waals surface area contributed by atoms with Crippen molar-refractivity contribution in [1.29, 1.82) is 0 Å². The Morgan fingerprint density at radius 1 is 1.50 bits per heavy atom. The van der Waals surface area contributed by atoms with Gasteiger partial charge in [0.1, 0.15) is 0 Å². The molecule has 0 saturated heterocycles. The first kappa shape index (κ1) is 12.5. The first-order chi connectivity index (χ1) is 7.81. The molecular formula is C12H17N3O. The minimum Gasteiger partial charge on any atom is -0.480 e. The summed E-state index contributed by atoms with van der Waals surface area (Å²) in [5.41, 5.74) is 0.917. The topological polar surface area (TPSA) is 47.0 Å². The fourth-order valence-corrected chi connectivity index (χ4v) is 1.47. The van der Waals surface area contributed by atoms with E-state index in [1.165, 1.54) is 0 Å². The van der Waals surface area contributed by atoms with E-state index in [9.17, 15) is 0 Å². The third-order valence-corrected chi connectivity index (χ3v) is 2.39. The van der Waals surface area contributed by atoms with Crippen LogP contribution in [0.15, 0.2) is 12.1 Å². The Morgan fingerprint density at radius 3 is 2.81 bits per heavy atom. The Kier molecular flexibility index (Phi) is 5.30. The second-order valence-electron chi connectivity index (χ2n) is 3.44. The number of rotatable bonds is 6. The van der Waals surface area contributed by atoms with Crippen molar-refractivity contribution in [2.75, 3.05) is 14.2 Å². The third-order valence-electron chi connectivity index (χ3n) is 2.39. The van der Waals surface area contributed by atoms with Gasteiger partial charge in [0.05, 0.1) is 18.8 Å². The second-order valence-corrected chi connectivity index (χ2v) is 3.44. The van der Waals surface area contributed by atoms with E-state index in [0.717, 1.165) is 25.0 Å². The molecule has 0 bridgehead atoms. The molecule has 0 fully saturated rings. The second kappa shape index (κ2) is 6.81. The van der Waals surface area contributed by atoms with Crippen molar-refractivity contribution >= 4 is 0 Å². The quantitative estimate of drug-likeness (QED) is 0.582. The highest BCUT2D eigenvalue weighted by Crippen LogP contribution is 2.17. The fraction of sp³-hybridized carbons (Fsp3) is 0.500. The lowest BCUT2D eigenvalue weighted by Gasteiger charge is -2.14. The number of nitrogens with one attached hydrogen (secondary N) is 1. The maximum atomic E-state index is 5.22. The van der Waals surface area contributed by atoms with Crippen LogP contribution >= 0.6 is 0 Å². The minimum atomic E-state index is 0.201. The lowest BCUT2D eigenvalue weighted by atomic mass is 10.1. The molecule has 1 N–H and O–H groups in total. The Morgan fingerprint density at radius 2 is 2.31 bits per heavy atom. The minimum absolute atomic E-state index is 0.201. The predicted octanol–water partition coefficient (Wildman–Crippen LogP) is 1.55. The van der Waals surface area contributed by atoms with Crippen LogP contribution < -0.4 is 10.1 Å². The molecule has 86 valence electrons. The van der Waals surface area contributed by atoms with E-state index in [1.54, 1.807) is 7.11 Å². The van der Waals surface area contributed by atoms with E-state index >= 15 is 0 Å². The number of hydrogen-bond acceptors (Lipinski definition) is 4. The van der Waals surface area contributed by atoms with E-state index in [4.69, 9.17) is 11.2 Å². The third kappa shape index (κ3) is 3.52. The maximum absolute atomic E-state index is 5.22. The lowest BCUT2D eigenvalue weighted by molar-refractivity contribution is 0.389. The highest BCUT2D eigenvalue weighted by atomic mass is 16.5. The largest absolute Gasteiger partial charge is 0.480 e. The summed E-state index contributed by atoms with van der Waals surface area (Å²) in [6.45, 7) is 0. The van der Waals surface area contributed by atoms with Crippen LogP contribution in [0.3, 0.4) is 0 Å². The van der Waals surface area contributed by atoms with Gasteiger partial charge in [-0.2, -0.15) is 5.10 Å². The molecule has 0 aromatic carbocycles. The van der Waals surface area contributed by atoms with Gasteiger partial charge in [-0.25, -0.2) is 0 Å². The molecule has 0 aliphatic heterocycles. The van der Waals surface area contributed by atoms with Crippen LogP contribution in [0.1, 0.15) is 31.0 Å². The van der Waals surface area contributed by atoms with E-state index in [-0.39, 0.29) is 6.04 Å². The zero-order chi connectivity index (χ0) is 11.8. The molecule has 4 heteroatoms. The van der Waals surface area contributed by atoms with Gasteiger partial charge >= 0.3 is 0 Å². The first-order valence-electron chi connectivity index (χ1n) is 5.30. The monoisotopic (exact) mass is 219 g/mol. The number of nitrogens with zero attached hydrogens (tertiary/aromatic N) is 2. The molecule has 0 saturated carbocycles. The van der Waals surface area contributed by atoms with Crippen molar-refractivity contribution in [3.8, 4) is 18.2 Å². The zero-order valence-corrected chi connectivity index (χ0v) is 9.73. The summed E-state index contributed by atoms with van der Waals surface area (Å²) in [5.74, 6) is 3.16. The summed E-state index contributed by atoms with van der Waals surface area (Å²) in [7, 11) is 3.48. The standard InChI is InChI=1S/C12H17N3O/c1-4-5-6-7-10(13-2)11-8-9-12(16-3)15-14-11/h1,8-10,13H,5-7H2,2-3H3. The highest BCUT2D eigenvalue weighted by molar-refractivity contribution is 5.14.